The Morgan fingerprint density at radius 3 is 2.71 bits per heavy atom. The number of carbonyl (C=O) groups excluding carboxylic acids is 1. The van der Waals surface area contributed by atoms with Crippen molar-refractivity contribution >= 4 is 29.2 Å². The van der Waals surface area contributed by atoms with Gasteiger partial charge < -0.3 is 20.7 Å². The normalized spacial score (nSPS) is 14.9. The van der Waals surface area contributed by atoms with E-state index in [-0.39, 0.29) is 6.10 Å². The summed E-state index contributed by atoms with van der Waals surface area (Å²) in [6, 6.07) is 10.8. The highest BCUT2D eigenvalue weighted by atomic mass is 16.5. The number of nitrogens with one attached hydrogen (secondary N) is 3. The molecule has 0 aliphatic carbocycles. The molecular formula is C24H23N9O2. The van der Waals surface area contributed by atoms with E-state index < -0.39 is 5.97 Å². The maximum Gasteiger partial charge on any atom is 0.340 e. The van der Waals surface area contributed by atoms with Crippen molar-refractivity contribution in [3.63, 3.8) is 0 Å². The van der Waals surface area contributed by atoms with Gasteiger partial charge in [0.25, 0.3) is 0 Å². The summed E-state index contributed by atoms with van der Waals surface area (Å²) in [4.78, 5) is 38.6. The predicted octanol–water partition coefficient (Wildman–Crippen LogP) is 3.04. The summed E-state index contributed by atoms with van der Waals surface area (Å²) in [5, 5.41) is 9.40. The van der Waals surface area contributed by atoms with E-state index in [4.69, 9.17) is 4.74 Å². The Morgan fingerprint density at radius 2 is 1.89 bits per heavy atom. The first-order valence-corrected chi connectivity index (χ1v) is 11.1. The van der Waals surface area contributed by atoms with Gasteiger partial charge in [0.1, 0.15) is 23.4 Å². The van der Waals surface area contributed by atoms with Crippen LogP contribution in [0.1, 0.15) is 22.5 Å². The topological polar surface area (TPSA) is 140 Å². The number of esters is 1. The van der Waals surface area contributed by atoms with Crippen molar-refractivity contribution in [2.75, 3.05) is 23.7 Å². The fraction of sp³-hybridized carbons (Fsp3) is 0.208. The molecule has 0 spiro atoms. The Morgan fingerprint density at radius 1 is 1.03 bits per heavy atom. The molecule has 4 aromatic rings. The first kappa shape index (κ1) is 22.3. The third kappa shape index (κ3) is 5.71. The molecule has 1 aliphatic heterocycles. The number of pyridine rings is 2. The zero-order valence-corrected chi connectivity index (χ0v) is 19.0. The van der Waals surface area contributed by atoms with Gasteiger partial charge in [0.05, 0.1) is 17.4 Å². The van der Waals surface area contributed by atoms with Crippen LogP contribution in [0.4, 0.5) is 23.3 Å². The highest BCUT2D eigenvalue weighted by Gasteiger charge is 2.20. The highest BCUT2D eigenvalue weighted by molar-refractivity contribution is 5.90. The van der Waals surface area contributed by atoms with E-state index in [9.17, 15) is 4.79 Å². The van der Waals surface area contributed by atoms with Crippen LogP contribution >= 0.6 is 0 Å². The summed E-state index contributed by atoms with van der Waals surface area (Å²) >= 11 is 0. The fourth-order valence-corrected chi connectivity index (χ4v) is 3.54. The first-order chi connectivity index (χ1) is 17.1. The van der Waals surface area contributed by atoms with E-state index in [1.807, 2.05) is 25.1 Å². The second kappa shape index (κ2) is 10.2. The van der Waals surface area contributed by atoms with Crippen LogP contribution in [0.25, 0.3) is 11.5 Å². The maximum atomic E-state index is 12.4. The summed E-state index contributed by atoms with van der Waals surface area (Å²) in [5.74, 6) is 1.53. The Balaban J connectivity index is 1.28. The lowest BCUT2D eigenvalue weighted by molar-refractivity contribution is 0.0344. The zero-order chi connectivity index (χ0) is 24.0. The van der Waals surface area contributed by atoms with Crippen molar-refractivity contribution in [3.05, 3.63) is 72.4 Å². The molecular weight excluding hydrogens is 446 g/mol. The van der Waals surface area contributed by atoms with Gasteiger partial charge in [-0.1, -0.05) is 6.07 Å². The average molecular weight is 470 g/mol. The Bertz CT molecular complexity index is 1340. The van der Waals surface area contributed by atoms with Gasteiger partial charge in [0.15, 0.2) is 5.82 Å². The Kier molecular flexibility index (Phi) is 6.48. The van der Waals surface area contributed by atoms with E-state index in [0.29, 0.717) is 46.9 Å². The Labute approximate surface area is 201 Å². The van der Waals surface area contributed by atoms with E-state index in [2.05, 4.69) is 45.9 Å². The molecule has 3 N–H and O–H groups in total. The third-order valence-electron chi connectivity index (χ3n) is 5.20. The Hall–Kier alpha value is -4.51. The molecule has 1 unspecified atom stereocenters. The lowest BCUT2D eigenvalue weighted by Gasteiger charge is -2.11. The summed E-state index contributed by atoms with van der Waals surface area (Å²) in [5.41, 5.74) is 2.50. The molecule has 35 heavy (non-hydrogen) atoms. The average Bonchev–Trinajstić information content (AvgIpc) is 3.38. The quantitative estimate of drug-likeness (QED) is 0.344. The smallest absolute Gasteiger partial charge is 0.340 e. The van der Waals surface area contributed by atoms with Gasteiger partial charge in [-0.05, 0) is 50.2 Å². The number of aryl methyl sites for hydroxylation is 1. The van der Waals surface area contributed by atoms with E-state index in [1.165, 1.54) is 6.20 Å². The zero-order valence-electron chi connectivity index (χ0n) is 19.0. The summed E-state index contributed by atoms with van der Waals surface area (Å²) in [6.07, 6.45) is 7.02. The number of rotatable bonds is 7. The van der Waals surface area contributed by atoms with E-state index in [0.717, 1.165) is 18.7 Å². The highest BCUT2D eigenvalue weighted by Crippen LogP contribution is 2.19. The molecule has 0 radical (unpaired) electrons. The van der Waals surface area contributed by atoms with E-state index in [1.54, 1.807) is 36.8 Å². The number of nitrogens with zero attached hydrogens (tertiary/aromatic N) is 6. The molecule has 0 amide bonds. The summed E-state index contributed by atoms with van der Waals surface area (Å²) in [7, 11) is 0. The van der Waals surface area contributed by atoms with Gasteiger partial charge >= 0.3 is 5.97 Å². The molecule has 0 bridgehead atoms. The van der Waals surface area contributed by atoms with Gasteiger partial charge in [0.2, 0.25) is 5.95 Å². The monoisotopic (exact) mass is 469 g/mol. The van der Waals surface area contributed by atoms with Crippen molar-refractivity contribution in [2.24, 2.45) is 0 Å². The number of hydrogen-bond acceptors (Lipinski definition) is 11. The number of aromatic nitrogens is 6. The molecule has 176 valence electrons. The van der Waals surface area contributed by atoms with Crippen molar-refractivity contribution in [1.29, 1.82) is 0 Å². The largest absolute Gasteiger partial charge is 0.457 e. The minimum Gasteiger partial charge on any atom is -0.457 e. The maximum absolute atomic E-state index is 12.4. The van der Waals surface area contributed by atoms with Crippen molar-refractivity contribution in [3.8, 4) is 11.5 Å². The van der Waals surface area contributed by atoms with Crippen LogP contribution in [-0.2, 0) is 4.74 Å². The molecule has 1 aliphatic rings. The van der Waals surface area contributed by atoms with Crippen LogP contribution < -0.4 is 16.0 Å². The predicted molar refractivity (Wildman–Crippen MR) is 130 cm³/mol. The van der Waals surface area contributed by atoms with Crippen LogP contribution in [0, 0.1) is 6.92 Å². The molecule has 5 rings (SSSR count). The lowest BCUT2D eigenvalue weighted by atomic mass is 10.2. The van der Waals surface area contributed by atoms with E-state index >= 15 is 0 Å². The standard InChI is InChI=1S/C24H23N9O2/c1-15-3-2-4-19(29-15)22-27-9-6-20(32-22)31-21-7-10-28-24(33-21)30-17-11-16(12-26-13-17)23(34)35-18-5-8-25-14-18/h2-4,6-7,9-13,18,25H,5,8,14H2,1H3,(H2,27,28,30,31,32,33). The SMILES string of the molecule is Cc1cccc(-c2nccc(Nc3ccnc(Nc4cncc(C(=O)OC5CCNC5)c4)n3)n2)n1. The fourth-order valence-electron chi connectivity index (χ4n) is 3.54. The molecule has 1 atom stereocenters. The number of ether oxygens (including phenoxy) is 1. The van der Waals surface area contributed by atoms with Crippen molar-refractivity contribution < 1.29 is 9.53 Å². The van der Waals surface area contributed by atoms with Crippen LogP contribution in [0.3, 0.4) is 0 Å². The van der Waals surface area contributed by atoms with Crippen LogP contribution in [-0.4, -0.2) is 55.1 Å². The number of hydrogen-bond donors (Lipinski definition) is 3. The summed E-state index contributed by atoms with van der Waals surface area (Å²) < 4.78 is 5.51. The van der Waals surface area contributed by atoms with Gasteiger partial charge in [-0.25, -0.2) is 24.7 Å². The van der Waals surface area contributed by atoms with Crippen molar-refractivity contribution in [1.82, 2.24) is 35.2 Å². The minimum absolute atomic E-state index is 0.116. The second-order valence-corrected chi connectivity index (χ2v) is 7.93. The molecule has 0 aromatic carbocycles. The molecule has 5 heterocycles. The molecule has 0 saturated carbocycles. The van der Waals surface area contributed by atoms with Crippen LogP contribution in [0.5, 0.6) is 0 Å². The first-order valence-electron chi connectivity index (χ1n) is 11.1. The van der Waals surface area contributed by atoms with Crippen LogP contribution in [0.15, 0.2) is 61.2 Å². The van der Waals surface area contributed by atoms with Gasteiger partial charge in [-0.15, -0.1) is 0 Å². The van der Waals surface area contributed by atoms with Crippen LogP contribution in [0.2, 0.25) is 0 Å². The van der Waals surface area contributed by atoms with Gasteiger partial charge in [-0.3, -0.25) is 4.98 Å². The van der Waals surface area contributed by atoms with Gasteiger partial charge in [-0.2, -0.15) is 4.98 Å². The summed E-state index contributed by atoms with van der Waals surface area (Å²) in [6.45, 7) is 3.43. The minimum atomic E-state index is -0.408. The number of anilines is 4. The second-order valence-electron chi connectivity index (χ2n) is 7.93. The molecule has 1 fully saturated rings. The molecule has 11 heteroatoms. The lowest BCUT2D eigenvalue weighted by Crippen LogP contribution is -2.21. The van der Waals surface area contributed by atoms with Gasteiger partial charge in [0, 0.05) is 30.8 Å². The molecule has 1 saturated heterocycles. The molecule has 11 nitrogen and oxygen atoms in total. The molecule has 4 aromatic heterocycles. The number of carbonyl (C=O) groups is 1. The third-order valence-corrected chi connectivity index (χ3v) is 5.20. The van der Waals surface area contributed by atoms with Crippen molar-refractivity contribution in [2.45, 2.75) is 19.4 Å².